The Hall–Kier alpha value is -3.73. The lowest BCUT2D eigenvalue weighted by Crippen LogP contribution is -2.14. The Labute approximate surface area is 164 Å². The van der Waals surface area contributed by atoms with Gasteiger partial charge in [0, 0.05) is 16.8 Å². The quantitative estimate of drug-likeness (QED) is 0.694. The molecule has 5 nitrogen and oxygen atoms in total. The molecule has 0 unspecified atom stereocenters. The minimum atomic E-state index is -4.64. The molecular weight excluding hydrogens is 385 g/mol. The van der Waals surface area contributed by atoms with Crippen molar-refractivity contribution in [2.45, 2.75) is 6.18 Å². The summed E-state index contributed by atoms with van der Waals surface area (Å²) in [7, 11) is 2.90. The first-order valence-electron chi connectivity index (χ1n) is 8.36. The van der Waals surface area contributed by atoms with Crippen molar-refractivity contribution >= 4 is 0 Å². The topological polar surface area (TPSA) is 75.1 Å². The molecule has 0 saturated carbocycles. The zero-order valence-corrected chi connectivity index (χ0v) is 15.4. The molecule has 0 amide bonds. The largest absolute Gasteiger partial charge is 0.493 e. The van der Waals surface area contributed by atoms with Gasteiger partial charge in [-0.1, -0.05) is 18.2 Å². The van der Waals surface area contributed by atoms with E-state index >= 15 is 0 Å². The van der Waals surface area contributed by atoms with Gasteiger partial charge in [0.2, 0.25) is 0 Å². The van der Waals surface area contributed by atoms with E-state index < -0.39 is 22.9 Å². The fourth-order valence-electron chi connectivity index (χ4n) is 3.01. The SMILES string of the molecule is COc1ccc(-c2cc(-c3ccccc3C(F)(F)F)c(C#N)c(=O)[nH]2)cc1OC. The first kappa shape index (κ1) is 20.0. The van der Waals surface area contributed by atoms with E-state index in [0.29, 0.717) is 17.1 Å². The number of rotatable bonds is 4. The highest BCUT2D eigenvalue weighted by Crippen LogP contribution is 2.39. The molecule has 1 aromatic heterocycles. The number of nitriles is 1. The second-order valence-electron chi connectivity index (χ2n) is 6.03. The molecule has 1 heterocycles. The Balaban J connectivity index is 2.28. The van der Waals surface area contributed by atoms with E-state index in [4.69, 9.17) is 9.47 Å². The summed E-state index contributed by atoms with van der Waals surface area (Å²) in [4.78, 5) is 15.0. The van der Waals surface area contributed by atoms with Gasteiger partial charge < -0.3 is 14.5 Å². The van der Waals surface area contributed by atoms with Crippen LogP contribution in [0.5, 0.6) is 11.5 Å². The summed E-state index contributed by atoms with van der Waals surface area (Å²) in [5.41, 5.74) is -1.74. The highest BCUT2D eigenvalue weighted by molar-refractivity contribution is 5.78. The highest BCUT2D eigenvalue weighted by Gasteiger charge is 2.34. The maximum absolute atomic E-state index is 13.5. The maximum atomic E-state index is 13.5. The molecule has 0 atom stereocenters. The Morgan fingerprint density at radius 3 is 2.28 bits per heavy atom. The molecular formula is C21H15F3N2O3. The minimum Gasteiger partial charge on any atom is -0.493 e. The number of benzene rings is 2. The Morgan fingerprint density at radius 2 is 1.66 bits per heavy atom. The number of aromatic amines is 1. The molecule has 0 spiro atoms. The summed E-state index contributed by atoms with van der Waals surface area (Å²) in [6.07, 6.45) is -4.64. The maximum Gasteiger partial charge on any atom is 0.417 e. The van der Waals surface area contributed by atoms with Crippen molar-refractivity contribution in [3.8, 4) is 40.0 Å². The Morgan fingerprint density at radius 1 is 0.966 bits per heavy atom. The molecule has 148 valence electrons. The molecule has 0 saturated heterocycles. The third kappa shape index (κ3) is 3.80. The number of alkyl halides is 3. The van der Waals surface area contributed by atoms with E-state index in [1.165, 1.54) is 38.5 Å². The first-order valence-corrected chi connectivity index (χ1v) is 8.36. The second kappa shape index (κ2) is 7.72. The van der Waals surface area contributed by atoms with Crippen LogP contribution < -0.4 is 15.0 Å². The molecule has 3 rings (SSSR count). The first-order chi connectivity index (χ1) is 13.8. The number of nitrogens with one attached hydrogen (secondary N) is 1. The van der Waals surface area contributed by atoms with E-state index in [9.17, 15) is 23.2 Å². The molecule has 0 fully saturated rings. The van der Waals surface area contributed by atoms with Crippen molar-refractivity contribution in [2.75, 3.05) is 14.2 Å². The fraction of sp³-hybridized carbons (Fsp3) is 0.143. The van der Waals surface area contributed by atoms with Gasteiger partial charge in [-0.2, -0.15) is 18.4 Å². The van der Waals surface area contributed by atoms with Crippen molar-refractivity contribution in [2.24, 2.45) is 0 Å². The molecule has 0 aliphatic heterocycles. The fourth-order valence-corrected chi connectivity index (χ4v) is 3.01. The van der Waals surface area contributed by atoms with Gasteiger partial charge in [0.1, 0.15) is 11.6 Å². The highest BCUT2D eigenvalue weighted by atomic mass is 19.4. The van der Waals surface area contributed by atoms with E-state index in [2.05, 4.69) is 4.98 Å². The molecule has 0 bridgehead atoms. The van der Waals surface area contributed by atoms with Gasteiger partial charge in [0.25, 0.3) is 5.56 Å². The minimum absolute atomic E-state index is 0.103. The number of halogens is 3. The third-order valence-corrected chi connectivity index (χ3v) is 4.36. The van der Waals surface area contributed by atoms with Crippen LogP contribution in [-0.2, 0) is 6.18 Å². The lowest BCUT2D eigenvalue weighted by atomic mass is 9.95. The molecule has 0 aliphatic carbocycles. The van der Waals surface area contributed by atoms with Crippen LogP contribution >= 0.6 is 0 Å². The average molecular weight is 400 g/mol. The van der Waals surface area contributed by atoms with Crippen LogP contribution in [0, 0.1) is 11.3 Å². The smallest absolute Gasteiger partial charge is 0.417 e. The van der Waals surface area contributed by atoms with Crippen molar-refractivity contribution in [1.29, 1.82) is 5.26 Å². The number of pyridine rings is 1. The summed E-state index contributed by atoms with van der Waals surface area (Å²) in [5, 5.41) is 9.38. The number of methoxy groups -OCH3 is 2. The number of hydrogen-bond donors (Lipinski definition) is 1. The van der Waals surface area contributed by atoms with Crippen LogP contribution in [0.3, 0.4) is 0 Å². The molecule has 8 heteroatoms. The molecule has 1 N–H and O–H groups in total. The van der Waals surface area contributed by atoms with Crippen molar-refractivity contribution in [3.05, 3.63) is 70.0 Å². The lowest BCUT2D eigenvalue weighted by molar-refractivity contribution is -0.137. The zero-order chi connectivity index (χ0) is 21.2. The molecule has 2 aromatic carbocycles. The summed E-state index contributed by atoms with van der Waals surface area (Å²) in [6, 6.07) is 12.7. The number of aromatic nitrogens is 1. The van der Waals surface area contributed by atoms with E-state index in [1.807, 2.05) is 0 Å². The Bertz CT molecular complexity index is 1160. The van der Waals surface area contributed by atoms with Gasteiger partial charge in [-0.3, -0.25) is 4.79 Å². The normalized spacial score (nSPS) is 11.0. The molecule has 29 heavy (non-hydrogen) atoms. The van der Waals surface area contributed by atoms with E-state index in [-0.39, 0.29) is 16.8 Å². The van der Waals surface area contributed by atoms with Crippen LogP contribution in [0.25, 0.3) is 22.4 Å². The van der Waals surface area contributed by atoms with Gasteiger partial charge in [0.05, 0.1) is 19.8 Å². The second-order valence-corrected chi connectivity index (χ2v) is 6.03. The van der Waals surface area contributed by atoms with Gasteiger partial charge in [-0.05, 0) is 35.9 Å². The van der Waals surface area contributed by atoms with Crippen LogP contribution in [0.4, 0.5) is 13.2 Å². The van der Waals surface area contributed by atoms with E-state index in [0.717, 1.165) is 6.07 Å². The van der Waals surface area contributed by atoms with E-state index in [1.54, 1.807) is 24.3 Å². The summed E-state index contributed by atoms with van der Waals surface area (Å²) in [6.45, 7) is 0. The summed E-state index contributed by atoms with van der Waals surface area (Å²) in [5.74, 6) is 0.835. The number of hydrogen-bond acceptors (Lipinski definition) is 4. The lowest BCUT2D eigenvalue weighted by Gasteiger charge is -2.15. The summed E-state index contributed by atoms with van der Waals surface area (Å²) < 4.78 is 50.8. The zero-order valence-electron chi connectivity index (χ0n) is 15.4. The Kier molecular flexibility index (Phi) is 5.33. The van der Waals surface area contributed by atoms with Crippen molar-refractivity contribution in [3.63, 3.8) is 0 Å². The number of ether oxygens (including phenoxy) is 2. The predicted molar refractivity (Wildman–Crippen MR) is 101 cm³/mol. The van der Waals surface area contributed by atoms with Gasteiger partial charge in [0.15, 0.2) is 11.5 Å². The van der Waals surface area contributed by atoms with Gasteiger partial charge in [-0.15, -0.1) is 0 Å². The molecule has 3 aromatic rings. The molecule has 0 aliphatic rings. The van der Waals surface area contributed by atoms with Gasteiger partial charge >= 0.3 is 6.18 Å². The summed E-state index contributed by atoms with van der Waals surface area (Å²) >= 11 is 0. The standard InChI is InChI=1S/C21H15F3N2O3/c1-28-18-8-7-12(9-19(18)29-2)17-10-14(15(11-25)20(27)26-17)13-5-3-4-6-16(13)21(22,23)24/h3-10H,1-2H3,(H,26,27). The molecule has 0 radical (unpaired) electrons. The predicted octanol–water partition coefficient (Wildman–Crippen LogP) is 4.62. The van der Waals surface area contributed by atoms with Crippen LogP contribution in [0.2, 0.25) is 0 Å². The third-order valence-electron chi connectivity index (χ3n) is 4.36. The van der Waals surface area contributed by atoms with Crippen molar-refractivity contribution < 1.29 is 22.6 Å². The van der Waals surface area contributed by atoms with Gasteiger partial charge in [-0.25, -0.2) is 0 Å². The average Bonchev–Trinajstić information content (AvgIpc) is 2.72. The van der Waals surface area contributed by atoms with Crippen LogP contribution in [0.1, 0.15) is 11.1 Å². The van der Waals surface area contributed by atoms with Crippen LogP contribution in [-0.4, -0.2) is 19.2 Å². The van der Waals surface area contributed by atoms with Crippen LogP contribution in [0.15, 0.2) is 53.3 Å². The monoisotopic (exact) mass is 400 g/mol. The number of H-pyrrole nitrogens is 1. The number of nitrogens with zero attached hydrogens (tertiary/aromatic N) is 1. The van der Waals surface area contributed by atoms with Crippen molar-refractivity contribution in [1.82, 2.24) is 4.98 Å².